The molecular weight excluding hydrogens is 264 g/mol. The van der Waals surface area contributed by atoms with E-state index >= 15 is 0 Å². The van der Waals surface area contributed by atoms with E-state index in [-0.39, 0.29) is 29.0 Å². The number of nitrogens with one attached hydrogen (secondary N) is 1. The zero-order chi connectivity index (χ0) is 14.3. The second-order valence-electron chi connectivity index (χ2n) is 6.26. The highest BCUT2D eigenvalue weighted by Gasteiger charge is 2.58. The average molecular weight is 288 g/mol. The summed E-state index contributed by atoms with van der Waals surface area (Å²) in [5, 5.41) is 3.32. The largest absolute Gasteiger partial charge is 0.342 e. The molecule has 1 saturated heterocycles. The lowest BCUT2D eigenvalue weighted by Gasteiger charge is -2.28. The second-order valence-corrected chi connectivity index (χ2v) is 8.44. The second kappa shape index (κ2) is 5.05. The third kappa shape index (κ3) is 3.28. The fraction of sp³-hybridized carbons (Fsp3) is 0.923. The summed E-state index contributed by atoms with van der Waals surface area (Å²) in [6, 6.07) is -0.248. The van der Waals surface area contributed by atoms with E-state index in [0.29, 0.717) is 0 Å². The summed E-state index contributed by atoms with van der Waals surface area (Å²) in [7, 11) is -1.32. The molecule has 2 atom stereocenters. The molecule has 19 heavy (non-hydrogen) atoms. The van der Waals surface area contributed by atoms with Gasteiger partial charge in [0.25, 0.3) is 0 Å². The number of carbonyl (C=O) groups excluding carboxylic acids is 1. The zero-order valence-electron chi connectivity index (χ0n) is 12.0. The number of hydrogen-bond donors (Lipinski definition) is 1. The number of rotatable bonds is 4. The number of hydrogen-bond acceptors (Lipinski definition) is 4. The van der Waals surface area contributed by atoms with Gasteiger partial charge in [0.15, 0.2) is 0 Å². The predicted octanol–water partition coefficient (Wildman–Crippen LogP) is 0.268. The lowest BCUT2D eigenvalue weighted by molar-refractivity contribution is -0.133. The van der Waals surface area contributed by atoms with Crippen molar-refractivity contribution < 1.29 is 13.2 Å². The Kier molecular flexibility index (Phi) is 3.93. The minimum Gasteiger partial charge on any atom is -0.342 e. The van der Waals surface area contributed by atoms with Crippen LogP contribution in [0.25, 0.3) is 0 Å². The molecule has 0 aromatic heterocycles. The summed E-state index contributed by atoms with van der Waals surface area (Å²) < 4.78 is 22.6. The Balaban J connectivity index is 1.93. The molecule has 1 heterocycles. The van der Waals surface area contributed by atoms with Crippen molar-refractivity contribution in [3.05, 3.63) is 0 Å². The number of carbonyl (C=O) groups is 1. The minimum atomic E-state index is -3.04. The molecule has 1 amide bonds. The molecule has 0 aromatic rings. The van der Waals surface area contributed by atoms with Gasteiger partial charge in [0.1, 0.15) is 9.84 Å². The molecule has 1 aliphatic heterocycles. The van der Waals surface area contributed by atoms with Crippen LogP contribution in [-0.4, -0.2) is 57.4 Å². The average Bonchev–Trinajstić information content (AvgIpc) is 2.99. The van der Waals surface area contributed by atoms with Crippen LogP contribution in [0.15, 0.2) is 0 Å². The maximum atomic E-state index is 12.4. The van der Waals surface area contributed by atoms with Gasteiger partial charge >= 0.3 is 0 Å². The van der Waals surface area contributed by atoms with Crippen LogP contribution in [0.2, 0.25) is 0 Å². The van der Waals surface area contributed by atoms with E-state index in [4.69, 9.17) is 0 Å². The number of piperidine rings is 1. The highest BCUT2D eigenvalue weighted by Crippen LogP contribution is 2.59. The zero-order valence-corrected chi connectivity index (χ0v) is 12.8. The molecule has 1 spiro atoms. The molecular formula is C13H24N2O3S. The standard InChI is InChI=1S/C13H24N2O3S/c1-10(9-19(3,17)18)15(2)12(16)11-8-13(11)4-6-14-7-5-13/h10-11,14H,4-9H2,1-3H3. The lowest BCUT2D eigenvalue weighted by atomic mass is 9.91. The van der Waals surface area contributed by atoms with Gasteiger partial charge < -0.3 is 10.2 Å². The molecule has 2 fully saturated rings. The van der Waals surface area contributed by atoms with Gasteiger partial charge in [-0.3, -0.25) is 4.79 Å². The van der Waals surface area contributed by atoms with Crippen LogP contribution >= 0.6 is 0 Å². The Bertz CT molecular complexity index is 455. The summed E-state index contributed by atoms with van der Waals surface area (Å²) in [4.78, 5) is 14.0. The fourth-order valence-corrected chi connectivity index (χ4v) is 4.29. The number of nitrogens with zero attached hydrogens (tertiary/aromatic N) is 1. The van der Waals surface area contributed by atoms with Crippen molar-refractivity contribution in [2.45, 2.75) is 32.2 Å². The van der Waals surface area contributed by atoms with Crippen molar-refractivity contribution in [1.29, 1.82) is 0 Å². The maximum Gasteiger partial charge on any atom is 0.226 e. The number of amides is 1. The van der Waals surface area contributed by atoms with Gasteiger partial charge in [0.05, 0.1) is 5.75 Å². The van der Waals surface area contributed by atoms with Crippen LogP contribution in [-0.2, 0) is 14.6 Å². The summed E-state index contributed by atoms with van der Waals surface area (Å²) in [5.41, 5.74) is 0.210. The van der Waals surface area contributed by atoms with E-state index in [2.05, 4.69) is 5.32 Å². The highest BCUT2D eigenvalue weighted by molar-refractivity contribution is 7.90. The highest BCUT2D eigenvalue weighted by atomic mass is 32.2. The molecule has 5 nitrogen and oxygen atoms in total. The SMILES string of the molecule is CC(CS(C)(=O)=O)N(C)C(=O)C1CC12CCNCC2. The van der Waals surface area contributed by atoms with Crippen LogP contribution in [0.1, 0.15) is 26.2 Å². The van der Waals surface area contributed by atoms with E-state index < -0.39 is 9.84 Å². The van der Waals surface area contributed by atoms with Gasteiger partial charge in [-0.25, -0.2) is 8.42 Å². The van der Waals surface area contributed by atoms with Gasteiger partial charge in [0, 0.05) is 25.3 Å². The van der Waals surface area contributed by atoms with Crippen LogP contribution in [0.4, 0.5) is 0 Å². The predicted molar refractivity (Wildman–Crippen MR) is 74.6 cm³/mol. The Morgan fingerprint density at radius 3 is 2.53 bits per heavy atom. The van der Waals surface area contributed by atoms with Crippen LogP contribution in [0.3, 0.4) is 0 Å². The van der Waals surface area contributed by atoms with Crippen LogP contribution < -0.4 is 5.32 Å². The first-order valence-corrected chi connectivity index (χ1v) is 8.96. The van der Waals surface area contributed by atoms with Crippen molar-refractivity contribution >= 4 is 15.7 Å². The maximum absolute atomic E-state index is 12.4. The molecule has 0 bridgehead atoms. The van der Waals surface area contributed by atoms with E-state index in [9.17, 15) is 13.2 Å². The Morgan fingerprint density at radius 1 is 1.42 bits per heavy atom. The van der Waals surface area contributed by atoms with Gasteiger partial charge in [0.2, 0.25) is 5.91 Å². The quantitative estimate of drug-likeness (QED) is 0.806. The summed E-state index contributed by atoms with van der Waals surface area (Å²) in [6.45, 7) is 3.79. The van der Waals surface area contributed by atoms with Crippen LogP contribution in [0, 0.1) is 11.3 Å². The lowest BCUT2D eigenvalue weighted by Crippen LogP contribution is -2.41. The van der Waals surface area contributed by atoms with Crippen molar-refractivity contribution in [2.75, 3.05) is 32.1 Å². The molecule has 2 rings (SSSR count). The minimum absolute atomic E-state index is 0.0382. The molecule has 110 valence electrons. The first-order chi connectivity index (χ1) is 8.75. The van der Waals surface area contributed by atoms with E-state index in [1.807, 2.05) is 0 Å². The molecule has 6 heteroatoms. The van der Waals surface area contributed by atoms with Crippen molar-refractivity contribution in [1.82, 2.24) is 10.2 Å². The number of sulfone groups is 1. The van der Waals surface area contributed by atoms with Crippen molar-refractivity contribution in [3.63, 3.8) is 0 Å². The third-order valence-corrected chi connectivity index (χ3v) is 5.73. The Morgan fingerprint density at radius 2 is 2.00 bits per heavy atom. The fourth-order valence-electron chi connectivity index (χ4n) is 3.19. The summed E-state index contributed by atoms with van der Waals surface area (Å²) >= 11 is 0. The molecule has 2 unspecified atom stereocenters. The Hall–Kier alpha value is -0.620. The molecule has 1 saturated carbocycles. The molecule has 1 aliphatic carbocycles. The molecule has 0 aromatic carbocycles. The van der Waals surface area contributed by atoms with Crippen LogP contribution in [0.5, 0.6) is 0 Å². The normalized spacial score (nSPS) is 27.0. The van der Waals surface area contributed by atoms with E-state index in [0.717, 1.165) is 32.4 Å². The van der Waals surface area contributed by atoms with Gasteiger partial charge in [-0.2, -0.15) is 0 Å². The van der Waals surface area contributed by atoms with Crippen molar-refractivity contribution in [3.8, 4) is 0 Å². The third-order valence-electron chi connectivity index (χ3n) is 4.64. The van der Waals surface area contributed by atoms with Crippen molar-refractivity contribution in [2.24, 2.45) is 11.3 Å². The molecule has 1 N–H and O–H groups in total. The monoisotopic (exact) mass is 288 g/mol. The smallest absolute Gasteiger partial charge is 0.226 e. The first kappa shape index (κ1) is 14.8. The first-order valence-electron chi connectivity index (χ1n) is 6.90. The van der Waals surface area contributed by atoms with Gasteiger partial charge in [-0.1, -0.05) is 0 Å². The Labute approximate surface area is 115 Å². The van der Waals surface area contributed by atoms with Gasteiger partial charge in [-0.15, -0.1) is 0 Å². The van der Waals surface area contributed by atoms with Gasteiger partial charge in [-0.05, 0) is 44.7 Å². The molecule has 2 aliphatic rings. The summed E-state index contributed by atoms with van der Waals surface area (Å²) in [5.74, 6) is 0.274. The van der Waals surface area contributed by atoms with E-state index in [1.54, 1.807) is 18.9 Å². The summed E-state index contributed by atoms with van der Waals surface area (Å²) in [6.07, 6.45) is 4.33. The molecule has 0 radical (unpaired) electrons. The van der Waals surface area contributed by atoms with E-state index in [1.165, 1.54) is 6.26 Å². The topological polar surface area (TPSA) is 66.5 Å².